The van der Waals surface area contributed by atoms with Crippen molar-refractivity contribution in [1.29, 1.82) is 0 Å². The van der Waals surface area contributed by atoms with Gasteiger partial charge in [-0.3, -0.25) is 4.79 Å². The van der Waals surface area contributed by atoms with Crippen LogP contribution in [0.3, 0.4) is 0 Å². The number of rotatable bonds is 8. The summed E-state index contributed by atoms with van der Waals surface area (Å²) in [6, 6.07) is 14.3. The van der Waals surface area contributed by atoms with E-state index >= 15 is 0 Å². The second kappa shape index (κ2) is 8.71. The van der Waals surface area contributed by atoms with Crippen LogP contribution < -0.4 is 0 Å². The minimum Gasteiger partial charge on any atom is -0.377 e. The van der Waals surface area contributed by atoms with Crippen molar-refractivity contribution in [2.45, 2.75) is 32.9 Å². The van der Waals surface area contributed by atoms with Crippen LogP contribution in [0.25, 0.3) is 0 Å². The summed E-state index contributed by atoms with van der Waals surface area (Å²) in [6.07, 6.45) is 1.30. The summed E-state index contributed by atoms with van der Waals surface area (Å²) >= 11 is 1.74. The third kappa shape index (κ3) is 5.62. The van der Waals surface area contributed by atoms with Crippen molar-refractivity contribution in [3.8, 4) is 0 Å². The van der Waals surface area contributed by atoms with Crippen molar-refractivity contribution < 1.29 is 9.53 Å². The van der Waals surface area contributed by atoms with Crippen LogP contribution in [0.15, 0.2) is 42.5 Å². The summed E-state index contributed by atoms with van der Waals surface area (Å²) < 4.78 is 5.60. The van der Waals surface area contributed by atoms with E-state index in [1.165, 1.54) is 15.3 Å². The molecule has 4 heteroatoms. The lowest BCUT2D eigenvalue weighted by Crippen LogP contribution is -2.25. The van der Waals surface area contributed by atoms with Gasteiger partial charge in [0.1, 0.15) is 0 Å². The van der Waals surface area contributed by atoms with E-state index in [1.807, 2.05) is 37.4 Å². The lowest BCUT2D eigenvalue weighted by atomic mass is 10.2. The number of amides is 1. The van der Waals surface area contributed by atoms with Gasteiger partial charge in [-0.1, -0.05) is 30.3 Å². The van der Waals surface area contributed by atoms with Gasteiger partial charge in [0, 0.05) is 29.8 Å². The van der Waals surface area contributed by atoms with Gasteiger partial charge >= 0.3 is 0 Å². The number of aryl methyl sites for hydroxylation is 1. The first-order valence-electron chi connectivity index (χ1n) is 7.56. The molecule has 0 fully saturated rings. The van der Waals surface area contributed by atoms with Gasteiger partial charge in [0.05, 0.1) is 13.2 Å². The Labute approximate surface area is 136 Å². The smallest absolute Gasteiger partial charge is 0.222 e. The standard InChI is InChI=1S/C18H23NO2S/c1-15-10-11-17(22-15)13-19(2)18(20)9-6-12-21-14-16-7-4-3-5-8-16/h3-5,7-8,10-11H,6,9,12-14H2,1-2H3. The quantitative estimate of drug-likeness (QED) is 0.688. The fraction of sp³-hybridized carbons (Fsp3) is 0.389. The zero-order valence-corrected chi connectivity index (χ0v) is 14.1. The average molecular weight is 317 g/mol. The van der Waals surface area contributed by atoms with Crippen molar-refractivity contribution in [3.63, 3.8) is 0 Å². The SMILES string of the molecule is Cc1ccc(CN(C)C(=O)CCCOCc2ccccc2)s1. The highest BCUT2D eigenvalue weighted by Gasteiger charge is 2.09. The molecule has 0 aliphatic rings. The van der Waals surface area contributed by atoms with Crippen LogP contribution in [0.5, 0.6) is 0 Å². The summed E-state index contributed by atoms with van der Waals surface area (Å²) in [7, 11) is 1.86. The maximum absolute atomic E-state index is 12.1. The predicted molar refractivity (Wildman–Crippen MR) is 90.9 cm³/mol. The van der Waals surface area contributed by atoms with E-state index < -0.39 is 0 Å². The number of thiophene rings is 1. The van der Waals surface area contributed by atoms with Gasteiger partial charge in [0.25, 0.3) is 0 Å². The summed E-state index contributed by atoms with van der Waals surface area (Å²) in [5, 5.41) is 0. The Kier molecular flexibility index (Phi) is 6.62. The maximum atomic E-state index is 12.1. The molecule has 0 aliphatic carbocycles. The maximum Gasteiger partial charge on any atom is 0.222 e. The van der Waals surface area contributed by atoms with Crippen LogP contribution in [0, 0.1) is 6.92 Å². The zero-order chi connectivity index (χ0) is 15.8. The van der Waals surface area contributed by atoms with E-state index in [1.54, 1.807) is 16.2 Å². The van der Waals surface area contributed by atoms with Gasteiger partial charge in [0.2, 0.25) is 5.91 Å². The molecule has 2 rings (SSSR count). The zero-order valence-electron chi connectivity index (χ0n) is 13.2. The van der Waals surface area contributed by atoms with Crippen molar-refractivity contribution in [1.82, 2.24) is 4.90 Å². The molecule has 118 valence electrons. The Morgan fingerprint density at radius 2 is 1.95 bits per heavy atom. The molecule has 0 unspecified atom stereocenters. The Morgan fingerprint density at radius 1 is 1.18 bits per heavy atom. The normalized spacial score (nSPS) is 10.6. The van der Waals surface area contributed by atoms with E-state index in [2.05, 4.69) is 19.1 Å². The first kappa shape index (κ1) is 16.7. The molecule has 0 saturated carbocycles. The molecule has 0 atom stereocenters. The highest BCUT2D eigenvalue weighted by atomic mass is 32.1. The molecular formula is C18H23NO2S. The highest BCUT2D eigenvalue weighted by molar-refractivity contribution is 7.11. The van der Waals surface area contributed by atoms with Crippen molar-refractivity contribution >= 4 is 17.2 Å². The average Bonchev–Trinajstić information content (AvgIpc) is 2.92. The van der Waals surface area contributed by atoms with E-state index in [9.17, 15) is 4.79 Å². The van der Waals surface area contributed by atoms with Gasteiger partial charge in [-0.15, -0.1) is 11.3 Å². The van der Waals surface area contributed by atoms with E-state index in [0.717, 1.165) is 6.42 Å². The molecule has 0 spiro atoms. The summed E-state index contributed by atoms with van der Waals surface area (Å²) in [4.78, 5) is 16.4. The third-order valence-corrected chi connectivity index (χ3v) is 4.39. The molecule has 1 amide bonds. The molecule has 3 nitrogen and oxygen atoms in total. The van der Waals surface area contributed by atoms with Crippen LogP contribution in [0.4, 0.5) is 0 Å². The lowest BCUT2D eigenvalue weighted by molar-refractivity contribution is -0.130. The summed E-state index contributed by atoms with van der Waals surface area (Å²) in [5.74, 6) is 0.175. The fourth-order valence-electron chi connectivity index (χ4n) is 2.17. The van der Waals surface area contributed by atoms with E-state index in [4.69, 9.17) is 4.74 Å². The first-order chi connectivity index (χ1) is 10.6. The largest absolute Gasteiger partial charge is 0.377 e. The second-order valence-corrected chi connectivity index (χ2v) is 6.78. The molecule has 1 aromatic carbocycles. The van der Waals surface area contributed by atoms with Crippen LogP contribution in [0.1, 0.15) is 28.2 Å². The minimum atomic E-state index is 0.175. The van der Waals surface area contributed by atoms with Crippen molar-refractivity contribution in [3.05, 3.63) is 57.8 Å². The second-order valence-electron chi connectivity index (χ2n) is 5.40. The summed E-state index contributed by atoms with van der Waals surface area (Å²) in [5.41, 5.74) is 1.17. The molecule has 0 bridgehead atoms. The van der Waals surface area contributed by atoms with Gasteiger partial charge in [-0.2, -0.15) is 0 Å². The summed E-state index contributed by atoms with van der Waals surface area (Å²) in [6.45, 7) is 4.01. The number of hydrogen-bond acceptors (Lipinski definition) is 3. The number of hydrogen-bond donors (Lipinski definition) is 0. The van der Waals surface area contributed by atoms with E-state index in [-0.39, 0.29) is 5.91 Å². The van der Waals surface area contributed by atoms with Crippen LogP contribution in [-0.2, 0) is 22.7 Å². The highest BCUT2D eigenvalue weighted by Crippen LogP contribution is 2.17. The molecule has 22 heavy (non-hydrogen) atoms. The molecule has 0 N–H and O–H groups in total. The number of carbonyl (C=O) groups is 1. The van der Waals surface area contributed by atoms with Crippen LogP contribution >= 0.6 is 11.3 Å². The number of benzene rings is 1. The van der Waals surface area contributed by atoms with E-state index in [0.29, 0.717) is 26.2 Å². The van der Waals surface area contributed by atoms with Crippen LogP contribution in [-0.4, -0.2) is 24.5 Å². The minimum absolute atomic E-state index is 0.175. The Morgan fingerprint density at radius 3 is 2.64 bits per heavy atom. The van der Waals surface area contributed by atoms with Crippen LogP contribution in [0.2, 0.25) is 0 Å². The molecular weight excluding hydrogens is 294 g/mol. The molecule has 1 heterocycles. The van der Waals surface area contributed by atoms with Gasteiger partial charge in [0.15, 0.2) is 0 Å². The molecule has 0 radical (unpaired) electrons. The van der Waals surface area contributed by atoms with Gasteiger partial charge in [-0.25, -0.2) is 0 Å². The Balaban J connectivity index is 1.61. The number of ether oxygens (including phenoxy) is 1. The number of carbonyl (C=O) groups excluding carboxylic acids is 1. The lowest BCUT2D eigenvalue weighted by Gasteiger charge is -2.16. The Hall–Kier alpha value is -1.65. The monoisotopic (exact) mass is 317 g/mol. The molecule has 0 saturated heterocycles. The van der Waals surface area contributed by atoms with Gasteiger partial charge in [-0.05, 0) is 31.0 Å². The van der Waals surface area contributed by atoms with Gasteiger partial charge < -0.3 is 9.64 Å². The molecule has 0 aliphatic heterocycles. The predicted octanol–water partition coefficient (Wildman–Crippen LogP) is 4.01. The fourth-order valence-corrected chi connectivity index (χ4v) is 3.12. The Bertz CT molecular complexity index is 580. The molecule has 1 aromatic heterocycles. The van der Waals surface area contributed by atoms with Crippen molar-refractivity contribution in [2.75, 3.05) is 13.7 Å². The van der Waals surface area contributed by atoms with Crippen molar-refractivity contribution in [2.24, 2.45) is 0 Å². The number of nitrogens with zero attached hydrogens (tertiary/aromatic N) is 1. The molecule has 2 aromatic rings. The topological polar surface area (TPSA) is 29.5 Å². The third-order valence-electron chi connectivity index (χ3n) is 3.41. The first-order valence-corrected chi connectivity index (χ1v) is 8.38.